The van der Waals surface area contributed by atoms with Crippen molar-refractivity contribution in [1.82, 2.24) is 0 Å². The molecule has 2 aliphatic heterocycles. The molecule has 2 heterocycles. The van der Waals surface area contributed by atoms with Crippen molar-refractivity contribution in [3.8, 4) is 5.75 Å². The van der Waals surface area contributed by atoms with Crippen LogP contribution in [0.1, 0.15) is 57.5 Å². The second-order valence-corrected chi connectivity index (χ2v) is 10.1. The number of hydrogen-bond donors (Lipinski definition) is 4. The van der Waals surface area contributed by atoms with E-state index < -0.39 is 43.6 Å². The molecule has 9 atom stereocenters. The van der Waals surface area contributed by atoms with Crippen LogP contribution < -0.4 is 4.74 Å². The van der Waals surface area contributed by atoms with E-state index in [0.29, 0.717) is 17.6 Å². The molecule has 1 aliphatic carbocycles. The molecule has 1 aromatic rings. The maximum Gasteiger partial charge on any atom is 0.229 e. The normalized spacial score (nSPS) is 41.7. The summed E-state index contributed by atoms with van der Waals surface area (Å²) in [5.41, 5.74) is 1.38. The molecule has 0 aromatic heterocycles. The lowest BCUT2D eigenvalue weighted by molar-refractivity contribution is -0.314. The summed E-state index contributed by atoms with van der Waals surface area (Å²) in [5.74, 6) is 1.48. The number of benzene rings is 1. The highest BCUT2D eigenvalue weighted by Crippen LogP contribution is 2.47. The maximum atomic E-state index is 10.2. The lowest BCUT2D eigenvalue weighted by Crippen LogP contribution is -2.60. The van der Waals surface area contributed by atoms with Crippen molar-refractivity contribution < 1.29 is 39.4 Å². The molecule has 0 radical (unpaired) electrons. The highest BCUT2D eigenvalue weighted by molar-refractivity contribution is 5.37. The molecule has 32 heavy (non-hydrogen) atoms. The van der Waals surface area contributed by atoms with Crippen LogP contribution >= 0.6 is 0 Å². The fraction of sp³-hybridized carbons (Fsp3) is 0.750. The van der Waals surface area contributed by atoms with Gasteiger partial charge in [0.15, 0.2) is 6.29 Å². The Morgan fingerprint density at radius 2 is 1.81 bits per heavy atom. The third-order valence-electron chi connectivity index (χ3n) is 7.22. The van der Waals surface area contributed by atoms with Gasteiger partial charge < -0.3 is 39.4 Å². The molecule has 2 saturated heterocycles. The standard InChI is InChI=1S/C24H36O8/c1-12-5-7-15-17(9-12)30-22(32-24(15,3)4)14-6-8-16(13(2)10-14)29-23-21(28)20(27)19(26)18(11-25)31-23/h6,8,10,12,15,17-23,25-28H,5,7,9,11H2,1-4H3. The summed E-state index contributed by atoms with van der Waals surface area (Å²) in [7, 11) is 0. The van der Waals surface area contributed by atoms with Crippen LogP contribution in [0.25, 0.3) is 0 Å². The van der Waals surface area contributed by atoms with Gasteiger partial charge >= 0.3 is 0 Å². The van der Waals surface area contributed by atoms with E-state index in [1.807, 2.05) is 19.1 Å². The zero-order valence-electron chi connectivity index (χ0n) is 19.2. The van der Waals surface area contributed by atoms with Crippen molar-refractivity contribution in [2.24, 2.45) is 11.8 Å². The SMILES string of the molecule is Cc1cc(C2OC3CC(C)CCC3C(C)(C)O2)ccc1OC1OC(CO)C(O)C(O)C1O. The number of fused-ring (bicyclic) bond motifs is 1. The van der Waals surface area contributed by atoms with E-state index in [1.54, 1.807) is 6.07 Å². The summed E-state index contributed by atoms with van der Waals surface area (Å²) in [6, 6.07) is 5.54. The van der Waals surface area contributed by atoms with Gasteiger partial charge in [0.2, 0.25) is 6.29 Å². The first-order chi connectivity index (χ1) is 15.1. The predicted molar refractivity (Wildman–Crippen MR) is 115 cm³/mol. The van der Waals surface area contributed by atoms with Crippen LogP contribution in [0, 0.1) is 18.8 Å². The van der Waals surface area contributed by atoms with Gasteiger partial charge in [0.25, 0.3) is 0 Å². The summed E-state index contributed by atoms with van der Waals surface area (Å²) in [6.45, 7) is 7.91. The van der Waals surface area contributed by atoms with E-state index in [4.69, 9.17) is 18.9 Å². The minimum absolute atomic E-state index is 0.165. The maximum absolute atomic E-state index is 10.2. The molecule has 3 aliphatic rings. The fourth-order valence-corrected chi connectivity index (χ4v) is 5.21. The van der Waals surface area contributed by atoms with Gasteiger partial charge in [-0.15, -0.1) is 0 Å². The van der Waals surface area contributed by atoms with Gasteiger partial charge in [-0.05, 0) is 57.2 Å². The summed E-state index contributed by atoms with van der Waals surface area (Å²) in [6.07, 6.45) is -3.57. The minimum atomic E-state index is -1.48. The Balaban J connectivity index is 1.49. The van der Waals surface area contributed by atoms with Gasteiger partial charge in [0, 0.05) is 11.5 Å². The zero-order valence-corrected chi connectivity index (χ0v) is 19.2. The third-order valence-corrected chi connectivity index (χ3v) is 7.22. The van der Waals surface area contributed by atoms with Crippen LogP contribution in [0.15, 0.2) is 18.2 Å². The molecule has 8 nitrogen and oxygen atoms in total. The molecule has 0 amide bonds. The monoisotopic (exact) mass is 452 g/mol. The van der Waals surface area contributed by atoms with Gasteiger partial charge in [-0.3, -0.25) is 0 Å². The highest BCUT2D eigenvalue weighted by Gasteiger charge is 2.47. The lowest BCUT2D eigenvalue weighted by atomic mass is 9.72. The topological polar surface area (TPSA) is 118 Å². The van der Waals surface area contributed by atoms with Gasteiger partial charge in [-0.2, -0.15) is 0 Å². The molecule has 4 N–H and O–H groups in total. The van der Waals surface area contributed by atoms with Crippen molar-refractivity contribution >= 4 is 0 Å². The van der Waals surface area contributed by atoms with Crippen LogP contribution in [0.3, 0.4) is 0 Å². The molecule has 3 fully saturated rings. The van der Waals surface area contributed by atoms with Crippen LogP contribution in [0.5, 0.6) is 5.75 Å². The quantitative estimate of drug-likeness (QED) is 0.546. The number of aliphatic hydroxyl groups excluding tert-OH is 4. The van der Waals surface area contributed by atoms with Gasteiger partial charge in [-0.1, -0.05) is 19.4 Å². The summed E-state index contributed by atoms with van der Waals surface area (Å²) >= 11 is 0. The van der Waals surface area contributed by atoms with E-state index in [0.717, 1.165) is 24.0 Å². The first kappa shape index (κ1) is 23.9. The fourth-order valence-electron chi connectivity index (χ4n) is 5.21. The highest BCUT2D eigenvalue weighted by atomic mass is 16.7. The van der Waals surface area contributed by atoms with E-state index in [9.17, 15) is 20.4 Å². The lowest BCUT2D eigenvalue weighted by Gasteiger charge is -2.50. The molecule has 8 heteroatoms. The Kier molecular flexibility index (Phi) is 6.85. The van der Waals surface area contributed by atoms with E-state index in [-0.39, 0.29) is 11.7 Å². The van der Waals surface area contributed by atoms with Crippen LogP contribution in [-0.2, 0) is 14.2 Å². The third kappa shape index (κ3) is 4.55. The predicted octanol–water partition coefficient (Wildman–Crippen LogP) is 1.80. The van der Waals surface area contributed by atoms with Crippen molar-refractivity contribution in [2.75, 3.05) is 6.61 Å². The van der Waals surface area contributed by atoms with Crippen molar-refractivity contribution in [1.29, 1.82) is 0 Å². The van der Waals surface area contributed by atoms with E-state index >= 15 is 0 Å². The number of aliphatic hydroxyl groups is 4. The molecule has 1 saturated carbocycles. The zero-order chi connectivity index (χ0) is 23.2. The second-order valence-electron chi connectivity index (χ2n) is 10.1. The Morgan fingerprint density at radius 3 is 2.50 bits per heavy atom. The number of rotatable bonds is 4. The molecule has 0 spiro atoms. The summed E-state index contributed by atoms with van der Waals surface area (Å²) < 4.78 is 24.0. The van der Waals surface area contributed by atoms with Crippen LogP contribution in [0.4, 0.5) is 0 Å². The van der Waals surface area contributed by atoms with E-state index in [2.05, 4.69) is 20.8 Å². The number of ether oxygens (including phenoxy) is 4. The molecule has 4 rings (SSSR count). The van der Waals surface area contributed by atoms with E-state index in [1.165, 1.54) is 6.42 Å². The van der Waals surface area contributed by atoms with Gasteiger partial charge in [-0.25, -0.2) is 0 Å². The van der Waals surface area contributed by atoms with Crippen LogP contribution in [-0.4, -0.2) is 69.4 Å². The minimum Gasteiger partial charge on any atom is -0.462 e. The van der Waals surface area contributed by atoms with Crippen molar-refractivity contribution in [3.05, 3.63) is 29.3 Å². The Bertz CT molecular complexity index is 796. The molecule has 180 valence electrons. The molecule has 9 unspecified atom stereocenters. The molecule has 1 aromatic carbocycles. The van der Waals surface area contributed by atoms with Crippen molar-refractivity contribution in [3.63, 3.8) is 0 Å². The Hall–Kier alpha value is -1.26. The summed E-state index contributed by atoms with van der Waals surface area (Å²) in [4.78, 5) is 0. The smallest absolute Gasteiger partial charge is 0.229 e. The average Bonchev–Trinajstić information content (AvgIpc) is 2.74. The number of hydrogen-bond acceptors (Lipinski definition) is 8. The largest absolute Gasteiger partial charge is 0.462 e. The van der Waals surface area contributed by atoms with Crippen LogP contribution in [0.2, 0.25) is 0 Å². The molecular formula is C24H36O8. The molecule has 0 bridgehead atoms. The first-order valence-electron chi connectivity index (χ1n) is 11.5. The second kappa shape index (κ2) is 9.18. The summed E-state index contributed by atoms with van der Waals surface area (Å²) in [5, 5.41) is 39.5. The van der Waals surface area contributed by atoms with Gasteiger partial charge in [0.05, 0.1) is 18.3 Å². The van der Waals surface area contributed by atoms with Gasteiger partial charge in [0.1, 0.15) is 30.2 Å². The Labute approximate surface area is 189 Å². The Morgan fingerprint density at radius 1 is 1.06 bits per heavy atom. The number of aryl methyl sites for hydroxylation is 1. The average molecular weight is 453 g/mol. The van der Waals surface area contributed by atoms with Crippen molar-refractivity contribution in [2.45, 2.75) is 95.7 Å². The first-order valence-corrected chi connectivity index (χ1v) is 11.5. The molecular weight excluding hydrogens is 416 g/mol.